The number of hydrogen-bond acceptors (Lipinski definition) is 2. The van der Waals surface area contributed by atoms with E-state index in [0.29, 0.717) is 17.4 Å². The van der Waals surface area contributed by atoms with Crippen LogP contribution in [0.4, 0.5) is 5.69 Å². The van der Waals surface area contributed by atoms with Gasteiger partial charge in [0.15, 0.2) is 5.82 Å². The fourth-order valence-corrected chi connectivity index (χ4v) is 3.47. The molecule has 0 saturated carbocycles. The van der Waals surface area contributed by atoms with Crippen molar-refractivity contribution in [2.45, 2.75) is 19.9 Å². The molecule has 25 heavy (non-hydrogen) atoms. The van der Waals surface area contributed by atoms with Crippen molar-refractivity contribution in [2.24, 2.45) is 0 Å². The van der Waals surface area contributed by atoms with Crippen molar-refractivity contribution in [1.29, 1.82) is 0 Å². The van der Waals surface area contributed by atoms with E-state index in [2.05, 4.69) is 17.1 Å². The number of nitrogens with zero attached hydrogens (tertiary/aromatic N) is 3. The van der Waals surface area contributed by atoms with Gasteiger partial charge >= 0.3 is 0 Å². The lowest BCUT2D eigenvalue weighted by Crippen LogP contribution is -2.40. The molecule has 0 aliphatic carbocycles. The summed E-state index contributed by atoms with van der Waals surface area (Å²) in [6, 6.07) is 17.6. The molecule has 0 unspecified atom stereocenters. The highest BCUT2D eigenvalue weighted by Crippen LogP contribution is 2.26. The van der Waals surface area contributed by atoms with E-state index in [1.807, 2.05) is 54.0 Å². The van der Waals surface area contributed by atoms with Gasteiger partial charge in [0, 0.05) is 35.9 Å². The molecule has 1 amide bonds. The zero-order valence-electron chi connectivity index (χ0n) is 13.9. The van der Waals surface area contributed by atoms with E-state index >= 15 is 0 Å². The van der Waals surface area contributed by atoms with Crippen LogP contribution in [-0.2, 0) is 13.0 Å². The first-order valence-electron chi connectivity index (χ1n) is 8.31. The Balaban J connectivity index is 1.66. The number of imidazole rings is 1. The van der Waals surface area contributed by atoms with E-state index in [9.17, 15) is 4.79 Å². The summed E-state index contributed by atoms with van der Waals surface area (Å²) in [6.45, 7) is 3.40. The molecule has 126 valence electrons. The molecule has 1 aliphatic heterocycles. The minimum Gasteiger partial charge on any atom is -0.322 e. The number of anilines is 1. The number of hydrogen-bond donors (Lipinski definition) is 0. The Morgan fingerprint density at radius 2 is 1.88 bits per heavy atom. The predicted octanol–water partition coefficient (Wildman–Crippen LogP) is 4.10. The molecule has 2 heterocycles. The quantitative estimate of drug-likeness (QED) is 0.712. The van der Waals surface area contributed by atoms with Crippen LogP contribution in [0.1, 0.15) is 27.6 Å². The summed E-state index contributed by atoms with van der Waals surface area (Å²) >= 11 is 6.07. The van der Waals surface area contributed by atoms with Gasteiger partial charge in [-0.15, -0.1) is 0 Å². The zero-order chi connectivity index (χ0) is 17.4. The van der Waals surface area contributed by atoms with Crippen LogP contribution < -0.4 is 4.90 Å². The monoisotopic (exact) mass is 351 g/mol. The summed E-state index contributed by atoms with van der Waals surface area (Å²) in [5.41, 5.74) is 4.04. The predicted molar refractivity (Wildman–Crippen MR) is 99.3 cm³/mol. The van der Waals surface area contributed by atoms with Crippen molar-refractivity contribution in [2.75, 3.05) is 11.4 Å². The summed E-state index contributed by atoms with van der Waals surface area (Å²) in [5.74, 6) is 0.436. The van der Waals surface area contributed by atoms with Gasteiger partial charge in [0.25, 0.3) is 5.91 Å². The molecule has 0 spiro atoms. The normalized spacial score (nSPS) is 13.8. The number of halogens is 1. The molecule has 0 saturated heterocycles. The van der Waals surface area contributed by atoms with Crippen molar-refractivity contribution in [3.63, 3.8) is 0 Å². The average Bonchev–Trinajstić information content (AvgIpc) is 2.93. The highest BCUT2D eigenvalue weighted by molar-refractivity contribution is 6.31. The Morgan fingerprint density at radius 1 is 1.08 bits per heavy atom. The second-order valence-corrected chi connectivity index (χ2v) is 6.65. The number of carbonyl (C=O) groups is 1. The number of amides is 1. The van der Waals surface area contributed by atoms with Crippen LogP contribution in [0.3, 0.4) is 0 Å². The smallest absolute Gasteiger partial charge is 0.294 e. The highest BCUT2D eigenvalue weighted by atomic mass is 35.5. The number of benzene rings is 2. The third-order valence-corrected chi connectivity index (χ3v) is 4.87. The Bertz CT molecular complexity index is 933. The van der Waals surface area contributed by atoms with Gasteiger partial charge in [-0.05, 0) is 30.7 Å². The van der Waals surface area contributed by atoms with Gasteiger partial charge in [-0.3, -0.25) is 4.79 Å². The second-order valence-electron chi connectivity index (χ2n) is 6.22. The van der Waals surface area contributed by atoms with Crippen LogP contribution in [0, 0.1) is 6.92 Å². The Morgan fingerprint density at radius 3 is 2.64 bits per heavy atom. The number of aromatic nitrogens is 2. The lowest BCUT2D eigenvalue weighted by atomic mass is 10.1. The van der Waals surface area contributed by atoms with Crippen LogP contribution in [0.5, 0.6) is 0 Å². The lowest BCUT2D eigenvalue weighted by Gasteiger charge is -2.28. The Labute approximate surface area is 151 Å². The molecule has 1 aromatic heterocycles. The van der Waals surface area contributed by atoms with Crippen LogP contribution in [0.2, 0.25) is 5.02 Å². The standard InChI is InChI=1S/C20H18ClN3O/c1-14-18(12-15-6-3-2-4-7-15)22-19-20(25)24(11-10-23(14)19)17-9-5-8-16(21)13-17/h2-9,13H,10-12H2,1H3. The maximum Gasteiger partial charge on any atom is 0.294 e. The fourth-order valence-electron chi connectivity index (χ4n) is 3.29. The molecule has 3 aromatic rings. The van der Waals surface area contributed by atoms with Gasteiger partial charge < -0.3 is 9.47 Å². The molecule has 0 atom stereocenters. The fraction of sp³-hybridized carbons (Fsp3) is 0.200. The molecule has 4 nitrogen and oxygen atoms in total. The molecular formula is C20H18ClN3O. The summed E-state index contributed by atoms with van der Waals surface area (Å²) in [7, 11) is 0. The minimum atomic E-state index is -0.0732. The molecule has 4 rings (SSSR count). The molecular weight excluding hydrogens is 334 g/mol. The summed E-state index contributed by atoms with van der Waals surface area (Å²) in [5, 5.41) is 0.625. The van der Waals surface area contributed by atoms with Gasteiger partial charge in [-0.1, -0.05) is 48.0 Å². The van der Waals surface area contributed by atoms with Crippen molar-refractivity contribution < 1.29 is 4.79 Å². The van der Waals surface area contributed by atoms with Crippen LogP contribution in [-0.4, -0.2) is 22.0 Å². The topological polar surface area (TPSA) is 38.1 Å². The third kappa shape index (κ3) is 2.94. The minimum absolute atomic E-state index is 0.0732. The van der Waals surface area contributed by atoms with E-state index in [1.54, 1.807) is 4.90 Å². The number of carbonyl (C=O) groups excluding carboxylic acids is 1. The molecule has 5 heteroatoms. The molecule has 2 aromatic carbocycles. The van der Waals surface area contributed by atoms with E-state index in [0.717, 1.165) is 30.0 Å². The third-order valence-electron chi connectivity index (χ3n) is 4.64. The van der Waals surface area contributed by atoms with Gasteiger partial charge in [-0.25, -0.2) is 4.98 Å². The molecule has 0 N–H and O–H groups in total. The number of rotatable bonds is 3. The van der Waals surface area contributed by atoms with Crippen molar-refractivity contribution in [3.05, 3.63) is 82.4 Å². The zero-order valence-corrected chi connectivity index (χ0v) is 14.7. The van der Waals surface area contributed by atoms with E-state index in [4.69, 9.17) is 11.6 Å². The van der Waals surface area contributed by atoms with Gasteiger partial charge in [0.2, 0.25) is 0 Å². The first-order chi connectivity index (χ1) is 12.1. The SMILES string of the molecule is Cc1c(Cc2ccccc2)nc2n1CCN(c1cccc(Cl)c1)C2=O. The van der Waals surface area contributed by atoms with Crippen molar-refractivity contribution >= 4 is 23.2 Å². The molecule has 0 radical (unpaired) electrons. The first kappa shape index (κ1) is 15.9. The number of fused-ring (bicyclic) bond motifs is 1. The van der Waals surface area contributed by atoms with Gasteiger partial charge in [-0.2, -0.15) is 0 Å². The summed E-state index contributed by atoms with van der Waals surface area (Å²) < 4.78 is 2.03. The van der Waals surface area contributed by atoms with E-state index in [-0.39, 0.29) is 5.91 Å². The highest BCUT2D eigenvalue weighted by Gasteiger charge is 2.29. The van der Waals surface area contributed by atoms with Crippen LogP contribution in [0.25, 0.3) is 0 Å². The molecule has 0 bridgehead atoms. The first-order valence-corrected chi connectivity index (χ1v) is 8.68. The van der Waals surface area contributed by atoms with Crippen molar-refractivity contribution in [1.82, 2.24) is 9.55 Å². The average molecular weight is 352 g/mol. The van der Waals surface area contributed by atoms with E-state index < -0.39 is 0 Å². The largest absolute Gasteiger partial charge is 0.322 e. The molecule has 1 aliphatic rings. The van der Waals surface area contributed by atoms with Crippen molar-refractivity contribution in [3.8, 4) is 0 Å². The van der Waals surface area contributed by atoms with Crippen LogP contribution in [0.15, 0.2) is 54.6 Å². The lowest BCUT2D eigenvalue weighted by molar-refractivity contribution is 0.0959. The maximum atomic E-state index is 12.9. The summed E-state index contributed by atoms with van der Waals surface area (Å²) in [6.07, 6.45) is 0.733. The summed E-state index contributed by atoms with van der Waals surface area (Å²) in [4.78, 5) is 19.4. The molecule has 0 fully saturated rings. The maximum absolute atomic E-state index is 12.9. The van der Waals surface area contributed by atoms with Gasteiger partial charge in [0.05, 0.1) is 5.69 Å². The van der Waals surface area contributed by atoms with Crippen LogP contribution >= 0.6 is 11.6 Å². The van der Waals surface area contributed by atoms with E-state index in [1.165, 1.54) is 5.56 Å². The second kappa shape index (κ2) is 6.37. The Hall–Kier alpha value is -2.59. The van der Waals surface area contributed by atoms with Gasteiger partial charge in [0.1, 0.15) is 0 Å². The Kier molecular flexibility index (Phi) is 4.06.